The highest BCUT2D eigenvalue weighted by molar-refractivity contribution is 7.99. The number of aliphatic hydroxyl groups is 1. The van der Waals surface area contributed by atoms with E-state index in [1.54, 1.807) is 7.11 Å². The molecule has 1 aromatic heterocycles. The van der Waals surface area contributed by atoms with Gasteiger partial charge in [0, 0.05) is 16.3 Å². The monoisotopic (exact) mass is 420 g/mol. The van der Waals surface area contributed by atoms with Crippen LogP contribution in [0.5, 0.6) is 5.75 Å². The van der Waals surface area contributed by atoms with Crippen LogP contribution in [0.25, 0.3) is 11.5 Å². The number of ether oxygens (including phenoxy) is 2. The lowest BCUT2D eigenvalue weighted by Crippen LogP contribution is -2.19. The molecule has 0 aliphatic heterocycles. The molecule has 2 aromatic carbocycles. The van der Waals surface area contributed by atoms with Crippen molar-refractivity contribution in [2.24, 2.45) is 0 Å². The Hall–Kier alpha value is -2.06. The molecule has 3 aromatic rings. The van der Waals surface area contributed by atoms with Crippen LogP contribution in [0.4, 0.5) is 0 Å². The van der Waals surface area contributed by atoms with E-state index < -0.39 is 6.10 Å². The fourth-order valence-corrected chi connectivity index (χ4v) is 3.21. The van der Waals surface area contributed by atoms with Crippen LogP contribution >= 0.6 is 23.4 Å². The van der Waals surface area contributed by atoms with Crippen molar-refractivity contribution < 1.29 is 19.0 Å². The van der Waals surface area contributed by atoms with E-state index in [9.17, 15) is 5.11 Å². The van der Waals surface area contributed by atoms with Crippen molar-refractivity contribution in [2.45, 2.75) is 24.4 Å². The first kappa shape index (κ1) is 20.7. The van der Waals surface area contributed by atoms with Gasteiger partial charge < -0.3 is 19.0 Å². The van der Waals surface area contributed by atoms with Crippen LogP contribution < -0.4 is 4.74 Å². The summed E-state index contributed by atoms with van der Waals surface area (Å²) in [6.45, 7) is 2.14. The summed E-state index contributed by atoms with van der Waals surface area (Å²) in [4.78, 5) is 0. The van der Waals surface area contributed by atoms with Crippen molar-refractivity contribution in [2.75, 3.05) is 19.5 Å². The number of aromatic nitrogens is 2. The van der Waals surface area contributed by atoms with Crippen molar-refractivity contribution in [3.05, 3.63) is 59.1 Å². The molecule has 0 radical (unpaired) electrons. The Morgan fingerprint density at radius 2 is 1.82 bits per heavy atom. The highest BCUT2D eigenvalue weighted by Crippen LogP contribution is 2.25. The third kappa shape index (κ3) is 5.72. The fraction of sp³-hybridized carbons (Fsp3) is 0.300. The van der Waals surface area contributed by atoms with Gasteiger partial charge in [0.25, 0.3) is 5.22 Å². The molecular formula is C20H21ClN2O4S. The Morgan fingerprint density at radius 1 is 1.11 bits per heavy atom. The zero-order valence-corrected chi connectivity index (χ0v) is 17.1. The molecule has 6 nitrogen and oxygen atoms in total. The Kier molecular flexibility index (Phi) is 7.33. The predicted molar refractivity (Wildman–Crippen MR) is 109 cm³/mol. The molecule has 2 atom stereocenters. The summed E-state index contributed by atoms with van der Waals surface area (Å²) >= 11 is 7.18. The second kappa shape index (κ2) is 9.93. The lowest BCUT2D eigenvalue weighted by atomic mass is 10.1. The van der Waals surface area contributed by atoms with E-state index in [2.05, 4.69) is 10.2 Å². The number of nitrogens with zero attached hydrogens (tertiary/aromatic N) is 2. The molecule has 0 unspecified atom stereocenters. The zero-order chi connectivity index (χ0) is 19.9. The van der Waals surface area contributed by atoms with Crippen LogP contribution in [0, 0.1) is 0 Å². The van der Waals surface area contributed by atoms with Crippen LogP contribution in [0.15, 0.2) is 58.2 Å². The Morgan fingerprint density at radius 3 is 2.50 bits per heavy atom. The molecule has 0 saturated heterocycles. The van der Waals surface area contributed by atoms with Crippen molar-refractivity contribution in [1.82, 2.24) is 10.2 Å². The van der Waals surface area contributed by atoms with Crippen molar-refractivity contribution in [3.63, 3.8) is 0 Å². The lowest BCUT2D eigenvalue weighted by molar-refractivity contribution is 0.00618. The summed E-state index contributed by atoms with van der Waals surface area (Å²) in [5, 5.41) is 19.3. The minimum Gasteiger partial charge on any atom is -0.497 e. The van der Waals surface area contributed by atoms with E-state index in [4.69, 9.17) is 25.5 Å². The largest absolute Gasteiger partial charge is 0.497 e. The Balaban J connectivity index is 1.46. The molecule has 0 bridgehead atoms. The van der Waals surface area contributed by atoms with E-state index in [1.807, 2.05) is 55.5 Å². The number of rotatable bonds is 9. The molecule has 148 valence electrons. The van der Waals surface area contributed by atoms with Crippen LogP contribution in [-0.2, 0) is 4.74 Å². The summed E-state index contributed by atoms with van der Waals surface area (Å²) in [6, 6.07) is 14.8. The number of halogens is 1. The molecule has 28 heavy (non-hydrogen) atoms. The maximum absolute atomic E-state index is 10.2. The highest BCUT2D eigenvalue weighted by Gasteiger charge is 2.14. The van der Waals surface area contributed by atoms with Crippen LogP contribution in [0.3, 0.4) is 0 Å². The second-order valence-electron chi connectivity index (χ2n) is 6.09. The van der Waals surface area contributed by atoms with Gasteiger partial charge in [-0.3, -0.25) is 0 Å². The summed E-state index contributed by atoms with van der Waals surface area (Å²) in [5.41, 5.74) is 1.81. The smallest absolute Gasteiger partial charge is 0.276 e. The van der Waals surface area contributed by atoms with Crippen molar-refractivity contribution in [1.29, 1.82) is 0 Å². The SMILES string of the molecule is COc1ccc(-c2nnc(SC[C@H](O)CO[C@H](C)c3ccc(Cl)cc3)o2)cc1. The van der Waals surface area contributed by atoms with E-state index in [0.717, 1.165) is 16.9 Å². The van der Waals surface area contributed by atoms with Crippen molar-refractivity contribution in [3.8, 4) is 17.2 Å². The van der Waals surface area contributed by atoms with E-state index >= 15 is 0 Å². The number of benzene rings is 2. The van der Waals surface area contributed by atoms with Gasteiger partial charge in [0.2, 0.25) is 5.89 Å². The first-order valence-electron chi connectivity index (χ1n) is 8.71. The molecule has 0 spiro atoms. The molecule has 1 N–H and O–H groups in total. The number of aliphatic hydroxyl groups excluding tert-OH is 1. The van der Waals surface area contributed by atoms with E-state index in [1.165, 1.54) is 11.8 Å². The maximum atomic E-state index is 10.2. The molecule has 8 heteroatoms. The van der Waals surface area contributed by atoms with Crippen LogP contribution in [-0.4, -0.2) is 40.9 Å². The summed E-state index contributed by atoms with van der Waals surface area (Å²) in [6.07, 6.45) is -0.793. The third-order valence-corrected chi connectivity index (χ3v) is 5.24. The molecule has 0 aliphatic rings. The van der Waals surface area contributed by atoms with Crippen LogP contribution in [0.1, 0.15) is 18.6 Å². The molecular weight excluding hydrogens is 400 g/mol. The molecule has 0 aliphatic carbocycles. The van der Waals surface area contributed by atoms with Gasteiger partial charge in [-0.25, -0.2) is 0 Å². The summed E-state index contributed by atoms with van der Waals surface area (Å²) < 4.78 is 16.5. The summed E-state index contributed by atoms with van der Waals surface area (Å²) in [5.74, 6) is 1.57. The number of methoxy groups -OCH3 is 1. The zero-order valence-electron chi connectivity index (χ0n) is 15.5. The topological polar surface area (TPSA) is 77.6 Å². The highest BCUT2D eigenvalue weighted by atomic mass is 35.5. The summed E-state index contributed by atoms with van der Waals surface area (Å²) in [7, 11) is 1.61. The van der Waals surface area contributed by atoms with Crippen LogP contribution in [0.2, 0.25) is 5.02 Å². The van der Waals surface area contributed by atoms with Crippen molar-refractivity contribution >= 4 is 23.4 Å². The minimum atomic E-state index is -0.656. The van der Waals surface area contributed by atoms with Gasteiger partial charge in [-0.1, -0.05) is 35.5 Å². The van der Waals surface area contributed by atoms with Gasteiger partial charge in [0.1, 0.15) is 5.75 Å². The first-order valence-corrected chi connectivity index (χ1v) is 10.1. The van der Waals surface area contributed by atoms with Gasteiger partial charge in [0.05, 0.1) is 25.9 Å². The normalized spacial score (nSPS) is 13.3. The molecule has 0 fully saturated rings. The average Bonchev–Trinajstić information content (AvgIpc) is 3.20. The number of thioether (sulfide) groups is 1. The lowest BCUT2D eigenvalue weighted by Gasteiger charge is -2.16. The third-order valence-electron chi connectivity index (χ3n) is 4.02. The molecule has 1 heterocycles. The second-order valence-corrected chi connectivity index (χ2v) is 7.50. The van der Waals surface area contributed by atoms with E-state index in [-0.39, 0.29) is 12.7 Å². The average molecular weight is 421 g/mol. The van der Waals surface area contributed by atoms with Gasteiger partial charge in [0.15, 0.2) is 0 Å². The minimum absolute atomic E-state index is 0.137. The fourth-order valence-electron chi connectivity index (χ4n) is 2.42. The Bertz CT molecular complexity index is 871. The molecule has 0 amide bonds. The predicted octanol–water partition coefficient (Wildman–Crippen LogP) is 4.63. The van der Waals surface area contributed by atoms with Gasteiger partial charge in [-0.15, -0.1) is 10.2 Å². The molecule has 3 rings (SSSR count). The van der Waals surface area contributed by atoms with Gasteiger partial charge in [-0.05, 0) is 48.9 Å². The van der Waals surface area contributed by atoms with Gasteiger partial charge >= 0.3 is 0 Å². The maximum Gasteiger partial charge on any atom is 0.276 e. The first-order chi connectivity index (χ1) is 13.5. The number of hydrogen-bond donors (Lipinski definition) is 1. The number of hydrogen-bond acceptors (Lipinski definition) is 7. The Labute approximate surface area is 172 Å². The quantitative estimate of drug-likeness (QED) is 0.505. The van der Waals surface area contributed by atoms with Gasteiger partial charge in [-0.2, -0.15) is 0 Å². The molecule has 0 saturated carbocycles. The standard InChI is InChI=1S/C20H21ClN2O4S/c1-13(14-3-7-16(21)8-4-14)26-11-17(24)12-28-20-23-22-19(27-20)15-5-9-18(25-2)10-6-15/h3-10,13,17,24H,11-12H2,1-2H3/t13-,17-/m1/s1. The van der Waals surface area contributed by atoms with E-state index in [0.29, 0.717) is 21.9 Å².